The van der Waals surface area contributed by atoms with Gasteiger partial charge in [-0.1, -0.05) is 0 Å². The van der Waals surface area contributed by atoms with E-state index >= 15 is 0 Å². The number of ether oxygens (including phenoxy) is 1. The molecule has 1 aromatic rings. The summed E-state index contributed by atoms with van der Waals surface area (Å²) in [5.74, 6) is 0.428. The average Bonchev–Trinajstić information content (AvgIpc) is 3.08. The van der Waals surface area contributed by atoms with Crippen molar-refractivity contribution in [3.63, 3.8) is 0 Å². The fourth-order valence-electron chi connectivity index (χ4n) is 3.25. The van der Waals surface area contributed by atoms with Gasteiger partial charge in [0, 0.05) is 30.4 Å². The Morgan fingerprint density at radius 3 is 3.25 bits per heavy atom. The van der Waals surface area contributed by atoms with Crippen LogP contribution < -0.4 is 11.1 Å². The Balaban J connectivity index is 1.62. The third-order valence-corrected chi connectivity index (χ3v) is 5.15. The fraction of sp³-hybridized carbons (Fsp3) is 0.714. The monoisotopic (exact) mass is 295 g/mol. The van der Waals surface area contributed by atoms with Crippen molar-refractivity contribution >= 4 is 17.2 Å². The van der Waals surface area contributed by atoms with Crippen molar-refractivity contribution in [3.8, 4) is 0 Å². The molecule has 1 aliphatic heterocycles. The Bertz CT molecular complexity index is 477. The van der Waals surface area contributed by atoms with E-state index in [9.17, 15) is 4.79 Å². The minimum atomic E-state index is -0.0536. The van der Waals surface area contributed by atoms with Gasteiger partial charge in [-0.25, -0.2) is 4.98 Å². The molecule has 1 aromatic heterocycles. The molecule has 0 bridgehead atoms. The molecule has 1 aliphatic carbocycles. The largest absolute Gasteiger partial charge is 0.378 e. The standard InChI is InChI=1S/C14H21N3O2S/c15-6-4-13-16-11(8-20-13)14(18)17-10-2-1-3-12-9(10)5-7-19-12/h8-10,12H,1-7,15H2,(H,17,18). The molecule has 0 aromatic carbocycles. The molecular formula is C14H21N3O2S. The van der Waals surface area contributed by atoms with Crippen LogP contribution in [0.15, 0.2) is 5.38 Å². The zero-order valence-corrected chi connectivity index (χ0v) is 12.3. The number of fused-ring (bicyclic) bond motifs is 1. The second kappa shape index (κ2) is 6.20. The van der Waals surface area contributed by atoms with Gasteiger partial charge in [0.25, 0.3) is 5.91 Å². The number of nitrogens with zero attached hydrogens (tertiary/aromatic N) is 1. The lowest BCUT2D eigenvalue weighted by molar-refractivity contribution is 0.0509. The molecule has 3 N–H and O–H groups in total. The summed E-state index contributed by atoms with van der Waals surface area (Å²) in [5.41, 5.74) is 6.03. The number of carbonyl (C=O) groups is 1. The lowest BCUT2D eigenvalue weighted by Crippen LogP contribution is -2.45. The Kier molecular flexibility index (Phi) is 4.33. The highest BCUT2D eigenvalue weighted by Crippen LogP contribution is 2.34. The van der Waals surface area contributed by atoms with Gasteiger partial charge in [-0.3, -0.25) is 4.79 Å². The van der Waals surface area contributed by atoms with Gasteiger partial charge in [0.05, 0.1) is 11.1 Å². The van der Waals surface area contributed by atoms with E-state index in [1.165, 1.54) is 11.3 Å². The Morgan fingerprint density at radius 2 is 2.40 bits per heavy atom. The van der Waals surface area contributed by atoms with Crippen LogP contribution >= 0.6 is 11.3 Å². The van der Waals surface area contributed by atoms with Crippen molar-refractivity contribution in [3.05, 3.63) is 16.1 Å². The van der Waals surface area contributed by atoms with E-state index < -0.39 is 0 Å². The lowest BCUT2D eigenvalue weighted by atomic mass is 9.82. The van der Waals surface area contributed by atoms with Crippen LogP contribution in [0, 0.1) is 5.92 Å². The van der Waals surface area contributed by atoms with E-state index in [-0.39, 0.29) is 11.9 Å². The van der Waals surface area contributed by atoms with Crippen molar-refractivity contribution in [2.24, 2.45) is 11.7 Å². The van der Waals surface area contributed by atoms with Crippen LogP contribution in [-0.2, 0) is 11.2 Å². The van der Waals surface area contributed by atoms with Crippen molar-refractivity contribution in [1.82, 2.24) is 10.3 Å². The van der Waals surface area contributed by atoms with E-state index in [4.69, 9.17) is 10.5 Å². The summed E-state index contributed by atoms with van der Waals surface area (Å²) in [4.78, 5) is 16.6. The maximum absolute atomic E-state index is 12.3. The highest BCUT2D eigenvalue weighted by atomic mass is 32.1. The van der Waals surface area contributed by atoms with Crippen molar-refractivity contribution < 1.29 is 9.53 Å². The topological polar surface area (TPSA) is 77.2 Å². The molecule has 2 fully saturated rings. The first-order chi connectivity index (χ1) is 9.78. The van der Waals surface area contributed by atoms with Crippen LogP contribution in [0.1, 0.15) is 41.2 Å². The first-order valence-electron chi connectivity index (χ1n) is 7.35. The number of hydrogen-bond acceptors (Lipinski definition) is 5. The molecule has 1 amide bonds. The smallest absolute Gasteiger partial charge is 0.270 e. The number of rotatable bonds is 4. The summed E-state index contributed by atoms with van der Waals surface area (Å²) < 4.78 is 5.73. The lowest BCUT2D eigenvalue weighted by Gasteiger charge is -2.33. The van der Waals surface area contributed by atoms with Gasteiger partial charge in [-0.2, -0.15) is 0 Å². The maximum Gasteiger partial charge on any atom is 0.270 e. The van der Waals surface area contributed by atoms with E-state index in [1.807, 2.05) is 5.38 Å². The summed E-state index contributed by atoms with van der Waals surface area (Å²) in [6.07, 6.45) is 5.45. The Labute approximate surface area is 122 Å². The van der Waals surface area contributed by atoms with Crippen LogP contribution in [-0.4, -0.2) is 36.2 Å². The molecule has 5 nitrogen and oxygen atoms in total. The Hall–Kier alpha value is -0.980. The molecule has 0 spiro atoms. The first-order valence-corrected chi connectivity index (χ1v) is 8.23. The van der Waals surface area contributed by atoms with Crippen LogP contribution in [0.5, 0.6) is 0 Å². The zero-order valence-electron chi connectivity index (χ0n) is 11.5. The van der Waals surface area contributed by atoms with E-state index in [0.717, 1.165) is 43.7 Å². The number of hydrogen-bond donors (Lipinski definition) is 2. The average molecular weight is 295 g/mol. The number of nitrogens with one attached hydrogen (secondary N) is 1. The summed E-state index contributed by atoms with van der Waals surface area (Å²) >= 11 is 1.51. The third kappa shape index (κ3) is 2.87. The summed E-state index contributed by atoms with van der Waals surface area (Å²) in [6.45, 7) is 1.40. The summed E-state index contributed by atoms with van der Waals surface area (Å²) in [5, 5.41) is 5.91. The minimum Gasteiger partial charge on any atom is -0.378 e. The zero-order chi connectivity index (χ0) is 13.9. The molecule has 3 unspecified atom stereocenters. The van der Waals surface area contributed by atoms with E-state index in [1.54, 1.807) is 0 Å². The van der Waals surface area contributed by atoms with Crippen molar-refractivity contribution in [2.45, 2.75) is 44.2 Å². The molecule has 20 heavy (non-hydrogen) atoms. The predicted molar refractivity (Wildman–Crippen MR) is 77.8 cm³/mol. The van der Waals surface area contributed by atoms with Crippen LogP contribution in [0.2, 0.25) is 0 Å². The minimum absolute atomic E-state index is 0.0536. The highest BCUT2D eigenvalue weighted by Gasteiger charge is 2.38. The molecule has 6 heteroatoms. The number of carbonyl (C=O) groups excluding carboxylic acids is 1. The van der Waals surface area contributed by atoms with Gasteiger partial charge in [0.1, 0.15) is 5.69 Å². The summed E-state index contributed by atoms with van der Waals surface area (Å²) in [7, 11) is 0. The van der Waals surface area contributed by atoms with Gasteiger partial charge in [-0.05, 0) is 32.2 Å². The highest BCUT2D eigenvalue weighted by molar-refractivity contribution is 7.09. The fourth-order valence-corrected chi connectivity index (χ4v) is 4.04. The molecule has 2 heterocycles. The molecule has 3 rings (SSSR count). The van der Waals surface area contributed by atoms with E-state index in [2.05, 4.69) is 10.3 Å². The predicted octanol–water partition coefficient (Wildman–Crippen LogP) is 1.33. The Morgan fingerprint density at radius 1 is 1.50 bits per heavy atom. The van der Waals surface area contributed by atoms with Gasteiger partial charge >= 0.3 is 0 Å². The normalized spacial score (nSPS) is 29.1. The number of thiazole rings is 1. The molecule has 110 valence electrons. The SMILES string of the molecule is NCCc1nc(C(=O)NC2CCCC3OCCC23)cs1. The van der Waals surface area contributed by atoms with Crippen LogP contribution in [0.4, 0.5) is 0 Å². The third-order valence-electron chi connectivity index (χ3n) is 4.24. The molecule has 0 radical (unpaired) electrons. The molecule has 1 saturated heterocycles. The number of aromatic nitrogens is 1. The summed E-state index contributed by atoms with van der Waals surface area (Å²) in [6, 6.07) is 0.239. The van der Waals surface area contributed by atoms with Gasteiger partial charge in [0.2, 0.25) is 0 Å². The van der Waals surface area contributed by atoms with Gasteiger partial charge in [-0.15, -0.1) is 11.3 Å². The van der Waals surface area contributed by atoms with Crippen molar-refractivity contribution in [1.29, 1.82) is 0 Å². The van der Waals surface area contributed by atoms with Crippen molar-refractivity contribution in [2.75, 3.05) is 13.2 Å². The number of amides is 1. The van der Waals surface area contributed by atoms with Gasteiger partial charge in [0.15, 0.2) is 0 Å². The number of nitrogens with two attached hydrogens (primary N) is 1. The first kappa shape index (κ1) is 14.0. The molecule has 3 atom stereocenters. The second-order valence-electron chi connectivity index (χ2n) is 5.54. The quantitative estimate of drug-likeness (QED) is 0.878. The van der Waals surface area contributed by atoms with Crippen LogP contribution in [0.3, 0.4) is 0 Å². The molecule has 1 saturated carbocycles. The second-order valence-corrected chi connectivity index (χ2v) is 6.48. The maximum atomic E-state index is 12.3. The van der Waals surface area contributed by atoms with E-state index in [0.29, 0.717) is 24.3 Å². The molecular weight excluding hydrogens is 274 g/mol. The molecule has 2 aliphatic rings. The van der Waals surface area contributed by atoms with Gasteiger partial charge < -0.3 is 15.8 Å². The van der Waals surface area contributed by atoms with Crippen LogP contribution in [0.25, 0.3) is 0 Å².